The molecule has 0 fully saturated rings. The fraction of sp³-hybridized carbons (Fsp3) is 0.226. The summed E-state index contributed by atoms with van der Waals surface area (Å²) in [5.74, 6) is -1.50. The largest absolute Gasteiger partial charge is 0.481 e. The quantitative estimate of drug-likeness (QED) is 0.193. The Labute approximate surface area is 234 Å². The van der Waals surface area contributed by atoms with Crippen molar-refractivity contribution in [3.63, 3.8) is 0 Å². The van der Waals surface area contributed by atoms with Gasteiger partial charge in [-0.05, 0) is 71.9 Å². The molecule has 0 radical (unpaired) electrons. The van der Waals surface area contributed by atoms with Crippen molar-refractivity contribution in [2.75, 3.05) is 6.26 Å². The van der Waals surface area contributed by atoms with Crippen LogP contribution in [0.1, 0.15) is 59.7 Å². The summed E-state index contributed by atoms with van der Waals surface area (Å²) in [6.07, 6.45) is 5.39. The van der Waals surface area contributed by atoms with Gasteiger partial charge in [-0.1, -0.05) is 79.2 Å². The highest BCUT2D eigenvalue weighted by Gasteiger charge is 2.23. The molecule has 0 aliphatic rings. The van der Waals surface area contributed by atoms with E-state index >= 15 is 0 Å². The minimum Gasteiger partial charge on any atom is -0.481 e. The van der Waals surface area contributed by atoms with Gasteiger partial charge in [-0.15, -0.1) is 0 Å². The molecule has 0 aliphatic heterocycles. The van der Waals surface area contributed by atoms with Crippen molar-refractivity contribution < 1.29 is 22.5 Å². The van der Waals surface area contributed by atoms with Gasteiger partial charge in [0.1, 0.15) is 6.10 Å². The van der Waals surface area contributed by atoms with Gasteiger partial charge in [0, 0.05) is 10.4 Å². The zero-order valence-electron chi connectivity index (χ0n) is 21.7. The molecule has 0 amide bonds. The predicted molar refractivity (Wildman–Crippen MR) is 156 cm³/mol. The Morgan fingerprint density at radius 1 is 1.03 bits per heavy atom. The maximum atomic E-state index is 12.1. The molecule has 2 atom stereocenters. The molecule has 1 N–H and O–H groups in total. The Hall–Kier alpha value is -3.52. The summed E-state index contributed by atoms with van der Waals surface area (Å²) in [7, 11) is -3.75. The summed E-state index contributed by atoms with van der Waals surface area (Å²) in [5.41, 5.74) is 4.75. The second-order valence-corrected chi connectivity index (χ2v) is 11.4. The fourth-order valence-corrected chi connectivity index (χ4v) is 5.44. The van der Waals surface area contributed by atoms with E-state index in [1.807, 2.05) is 97.9 Å². The van der Waals surface area contributed by atoms with Crippen LogP contribution in [0.5, 0.6) is 0 Å². The van der Waals surface area contributed by atoms with E-state index in [2.05, 4.69) is 4.98 Å². The average molecular weight is 564 g/mol. The first-order chi connectivity index (χ1) is 18.6. The number of carboxylic acid groups (broad SMARTS) is 1. The van der Waals surface area contributed by atoms with Gasteiger partial charge in [-0.2, -0.15) is 8.42 Å². The SMILES string of the molecule is CC[C@@H](C(=O)O)c1ccccc1CC[C@@H](OS(C)(=O)=O)c1cccc(C=Cc2ccc3ccc(Cl)cc3n2)c1. The number of aliphatic carboxylic acids is 1. The van der Waals surface area contributed by atoms with E-state index in [1.165, 1.54) is 0 Å². The molecule has 6 nitrogen and oxygen atoms in total. The Bertz CT molecular complexity index is 1620. The molecular weight excluding hydrogens is 534 g/mol. The molecule has 0 saturated heterocycles. The van der Waals surface area contributed by atoms with Crippen LogP contribution < -0.4 is 0 Å². The van der Waals surface area contributed by atoms with Crippen molar-refractivity contribution in [1.82, 2.24) is 4.98 Å². The Morgan fingerprint density at radius 2 is 1.79 bits per heavy atom. The summed E-state index contributed by atoms with van der Waals surface area (Å²) >= 11 is 6.11. The normalized spacial score (nSPS) is 13.5. The summed E-state index contributed by atoms with van der Waals surface area (Å²) in [6.45, 7) is 1.84. The highest BCUT2D eigenvalue weighted by atomic mass is 35.5. The molecule has 1 heterocycles. The van der Waals surface area contributed by atoms with Crippen molar-refractivity contribution >= 4 is 50.7 Å². The number of aromatic nitrogens is 1. The van der Waals surface area contributed by atoms with Crippen LogP contribution in [0.3, 0.4) is 0 Å². The summed E-state index contributed by atoms with van der Waals surface area (Å²) in [4.78, 5) is 16.4. The minimum atomic E-state index is -3.75. The molecular formula is C31H30ClNO5S. The monoisotopic (exact) mass is 563 g/mol. The van der Waals surface area contributed by atoms with E-state index in [9.17, 15) is 18.3 Å². The third-order valence-corrected chi connectivity index (χ3v) is 7.33. The van der Waals surface area contributed by atoms with Crippen molar-refractivity contribution in [3.05, 3.63) is 112 Å². The molecule has 0 aliphatic carbocycles. The Kier molecular flexibility index (Phi) is 9.17. The third-order valence-electron chi connectivity index (χ3n) is 6.51. The van der Waals surface area contributed by atoms with Gasteiger partial charge in [-0.3, -0.25) is 8.98 Å². The van der Waals surface area contributed by atoms with E-state index in [-0.39, 0.29) is 0 Å². The van der Waals surface area contributed by atoms with Gasteiger partial charge in [0.15, 0.2) is 0 Å². The van der Waals surface area contributed by atoms with Crippen LogP contribution in [-0.4, -0.2) is 30.7 Å². The van der Waals surface area contributed by atoms with Gasteiger partial charge in [0.05, 0.1) is 23.4 Å². The van der Waals surface area contributed by atoms with E-state index in [4.69, 9.17) is 15.8 Å². The van der Waals surface area contributed by atoms with Gasteiger partial charge in [0.2, 0.25) is 0 Å². The van der Waals surface area contributed by atoms with Gasteiger partial charge >= 0.3 is 5.97 Å². The van der Waals surface area contributed by atoms with Crippen LogP contribution in [0, 0.1) is 0 Å². The number of halogens is 1. The summed E-state index contributed by atoms with van der Waals surface area (Å²) in [6, 6.07) is 24.4. The van der Waals surface area contributed by atoms with Crippen LogP contribution >= 0.6 is 11.6 Å². The van der Waals surface area contributed by atoms with Crippen LogP contribution in [-0.2, 0) is 25.5 Å². The maximum absolute atomic E-state index is 12.1. The number of benzene rings is 3. The van der Waals surface area contributed by atoms with E-state index in [0.29, 0.717) is 29.8 Å². The first-order valence-corrected chi connectivity index (χ1v) is 14.9. The number of aryl methyl sites for hydroxylation is 1. The van der Waals surface area contributed by atoms with Gasteiger partial charge < -0.3 is 5.11 Å². The van der Waals surface area contributed by atoms with Crippen molar-refractivity contribution in [2.24, 2.45) is 0 Å². The zero-order valence-corrected chi connectivity index (χ0v) is 23.3. The first-order valence-electron chi connectivity index (χ1n) is 12.7. The third kappa shape index (κ3) is 7.76. The lowest BCUT2D eigenvalue weighted by atomic mass is 9.89. The van der Waals surface area contributed by atoms with Crippen LogP contribution in [0.4, 0.5) is 0 Å². The lowest BCUT2D eigenvalue weighted by Gasteiger charge is -2.20. The molecule has 0 saturated carbocycles. The number of hydrogen-bond acceptors (Lipinski definition) is 5. The molecule has 4 aromatic rings. The van der Waals surface area contributed by atoms with E-state index in [0.717, 1.165) is 39.5 Å². The number of nitrogens with zero attached hydrogens (tertiary/aromatic N) is 1. The lowest BCUT2D eigenvalue weighted by molar-refractivity contribution is -0.138. The first kappa shape index (κ1) is 28.5. The zero-order chi connectivity index (χ0) is 28.0. The lowest BCUT2D eigenvalue weighted by Crippen LogP contribution is -2.15. The van der Waals surface area contributed by atoms with Crippen molar-refractivity contribution in [3.8, 4) is 0 Å². The molecule has 4 rings (SSSR count). The fourth-order valence-electron chi connectivity index (χ4n) is 4.64. The van der Waals surface area contributed by atoms with E-state index in [1.54, 1.807) is 0 Å². The second kappa shape index (κ2) is 12.6. The molecule has 0 bridgehead atoms. The van der Waals surface area contributed by atoms with Crippen molar-refractivity contribution in [1.29, 1.82) is 0 Å². The molecule has 8 heteroatoms. The Balaban J connectivity index is 1.58. The van der Waals surface area contributed by atoms with Gasteiger partial charge in [0.25, 0.3) is 10.1 Å². The number of carbonyl (C=O) groups is 1. The molecule has 0 unspecified atom stereocenters. The number of carboxylic acids is 1. The van der Waals surface area contributed by atoms with Crippen molar-refractivity contribution in [2.45, 2.75) is 38.2 Å². The minimum absolute atomic E-state index is 0.361. The number of fused-ring (bicyclic) bond motifs is 1. The average Bonchev–Trinajstić information content (AvgIpc) is 2.90. The highest BCUT2D eigenvalue weighted by Crippen LogP contribution is 2.30. The maximum Gasteiger partial charge on any atom is 0.310 e. The molecule has 0 spiro atoms. The molecule has 3 aromatic carbocycles. The smallest absolute Gasteiger partial charge is 0.310 e. The van der Waals surface area contributed by atoms with Gasteiger partial charge in [-0.25, -0.2) is 4.98 Å². The molecule has 202 valence electrons. The van der Waals surface area contributed by atoms with Crippen LogP contribution in [0.15, 0.2) is 78.9 Å². The molecule has 1 aromatic heterocycles. The highest BCUT2D eigenvalue weighted by molar-refractivity contribution is 7.86. The topological polar surface area (TPSA) is 93.6 Å². The standard InChI is InChI=1S/C31H30ClNO5S/c1-3-27(31(34)35)28-10-5-4-8-22(28)14-18-30(38-39(2,36)37)24-9-6-7-21(19-24)11-16-26-17-13-23-12-15-25(32)20-29(23)33-26/h4-13,15-17,19-20,27,30H,3,14,18H2,1-2H3,(H,34,35)/t27-,30-/m1/s1. The number of pyridine rings is 1. The second-order valence-electron chi connectivity index (χ2n) is 9.40. The van der Waals surface area contributed by atoms with Crippen LogP contribution in [0.25, 0.3) is 23.1 Å². The summed E-state index contributed by atoms with van der Waals surface area (Å²) in [5, 5.41) is 11.3. The van der Waals surface area contributed by atoms with E-state index < -0.39 is 28.1 Å². The predicted octanol–water partition coefficient (Wildman–Crippen LogP) is 7.29. The van der Waals surface area contributed by atoms with Crippen LogP contribution in [0.2, 0.25) is 5.02 Å². The molecule has 39 heavy (non-hydrogen) atoms. The number of rotatable bonds is 11. The number of hydrogen-bond donors (Lipinski definition) is 1. The Morgan fingerprint density at radius 3 is 2.54 bits per heavy atom. The summed E-state index contributed by atoms with van der Waals surface area (Å²) < 4.78 is 29.8.